The number of para-hydroxylation sites is 1. The molecule has 1 aliphatic heterocycles. The maximum Gasteiger partial charge on any atom is 0.279 e. The van der Waals surface area contributed by atoms with E-state index in [1.54, 1.807) is 11.8 Å². The zero-order chi connectivity index (χ0) is 18.2. The van der Waals surface area contributed by atoms with Gasteiger partial charge in [-0.25, -0.2) is 0 Å². The number of anilines is 1. The third kappa shape index (κ3) is 5.75. The molecule has 1 aliphatic rings. The van der Waals surface area contributed by atoms with Crippen LogP contribution in [0.15, 0.2) is 29.2 Å². The Balaban J connectivity index is 1.85. The minimum atomic E-state index is -0.0579. The number of nitrogens with one attached hydrogen (secondary N) is 2. The maximum atomic E-state index is 12.6. The second-order valence-electron chi connectivity index (χ2n) is 6.70. The molecule has 0 bridgehead atoms. The van der Waals surface area contributed by atoms with Crippen molar-refractivity contribution < 1.29 is 14.5 Å². The number of hydrogen-bond acceptors (Lipinski definition) is 3. The average Bonchev–Trinajstić information content (AvgIpc) is 2.61. The lowest BCUT2D eigenvalue weighted by Crippen LogP contribution is -3.11. The van der Waals surface area contributed by atoms with Crippen LogP contribution in [0.4, 0.5) is 5.69 Å². The summed E-state index contributed by atoms with van der Waals surface area (Å²) in [6, 6.07) is 8.14. The summed E-state index contributed by atoms with van der Waals surface area (Å²) in [4.78, 5) is 28.9. The van der Waals surface area contributed by atoms with Crippen molar-refractivity contribution in [3.05, 3.63) is 24.3 Å². The van der Waals surface area contributed by atoms with Gasteiger partial charge in [-0.2, -0.15) is 0 Å². The van der Waals surface area contributed by atoms with Crippen LogP contribution in [0.3, 0.4) is 0 Å². The fourth-order valence-electron chi connectivity index (χ4n) is 3.39. The topological polar surface area (TPSA) is 53.9 Å². The summed E-state index contributed by atoms with van der Waals surface area (Å²) in [7, 11) is 1.91. The Kier molecular flexibility index (Phi) is 7.78. The van der Waals surface area contributed by atoms with Gasteiger partial charge in [0.2, 0.25) is 0 Å². The molecular weight excluding hydrogens is 334 g/mol. The summed E-state index contributed by atoms with van der Waals surface area (Å²) in [6.07, 6.45) is 6.41. The Morgan fingerprint density at radius 2 is 2.04 bits per heavy atom. The van der Waals surface area contributed by atoms with Gasteiger partial charge in [0, 0.05) is 17.5 Å². The maximum absolute atomic E-state index is 12.6. The van der Waals surface area contributed by atoms with Crippen molar-refractivity contribution in [1.29, 1.82) is 0 Å². The van der Waals surface area contributed by atoms with Crippen molar-refractivity contribution in [1.82, 2.24) is 4.90 Å². The van der Waals surface area contributed by atoms with E-state index >= 15 is 0 Å². The molecule has 0 aromatic heterocycles. The molecule has 6 heteroatoms. The second-order valence-corrected chi connectivity index (χ2v) is 7.55. The van der Waals surface area contributed by atoms with Crippen LogP contribution in [0, 0.1) is 0 Å². The number of likely N-dealkylation sites (tertiary alicyclic amines) is 1. The first-order valence-electron chi connectivity index (χ1n) is 9.08. The monoisotopic (exact) mass is 364 g/mol. The lowest BCUT2D eigenvalue weighted by Gasteiger charge is -2.35. The molecule has 1 fully saturated rings. The number of hydrogen-bond donors (Lipinski definition) is 2. The van der Waals surface area contributed by atoms with E-state index in [2.05, 4.69) is 12.2 Å². The molecule has 2 N–H and O–H groups in total. The van der Waals surface area contributed by atoms with Gasteiger partial charge in [-0.15, -0.1) is 11.8 Å². The van der Waals surface area contributed by atoms with Gasteiger partial charge >= 0.3 is 0 Å². The van der Waals surface area contributed by atoms with Gasteiger partial charge in [0.25, 0.3) is 11.8 Å². The highest BCUT2D eigenvalue weighted by Crippen LogP contribution is 2.24. The van der Waals surface area contributed by atoms with E-state index in [4.69, 9.17) is 0 Å². The number of amides is 2. The normalized spacial score (nSPS) is 18.7. The molecule has 0 spiro atoms. The SMILES string of the molecule is CC[C@@H]1CCCCN1C(=O)C[NH+](C)CC(=O)Nc1ccccc1SC. The predicted molar refractivity (Wildman–Crippen MR) is 103 cm³/mol. The van der Waals surface area contributed by atoms with Crippen LogP contribution in [0.1, 0.15) is 32.6 Å². The number of quaternary nitrogens is 1. The van der Waals surface area contributed by atoms with Gasteiger partial charge in [-0.05, 0) is 44.1 Å². The van der Waals surface area contributed by atoms with Crippen molar-refractivity contribution in [3.8, 4) is 0 Å². The third-order valence-corrected chi connectivity index (χ3v) is 5.51. The van der Waals surface area contributed by atoms with Gasteiger partial charge < -0.3 is 15.1 Å². The Hall–Kier alpha value is -1.53. The number of benzene rings is 1. The first-order valence-corrected chi connectivity index (χ1v) is 10.3. The molecule has 5 nitrogen and oxygen atoms in total. The number of piperidine rings is 1. The lowest BCUT2D eigenvalue weighted by molar-refractivity contribution is -0.862. The first-order chi connectivity index (χ1) is 12.0. The lowest BCUT2D eigenvalue weighted by atomic mass is 10.00. The number of carbonyl (C=O) groups is 2. The Labute approximate surface area is 155 Å². The third-order valence-electron chi connectivity index (χ3n) is 4.72. The van der Waals surface area contributed by atoms with Crippen LogP contribution in [0.5, 0.6) is 0 Å². The number of rotatable bonds is 7. The van der Waals surface area contributed by atoms with E-state index < -0.39 is 0 Å². The highest BCUT2D eigenvalue weighted by atomic mass is 32.2. The Bertz CT molecular complexity index is 594. The molecule has 1 unspecified atom stereocenters. The summed E-state index contributed by atoms with van der Waals surface area (Å²) in [5.74, 6) is 0.110. The summed E-state index contributed by atoms with van der Waals surface area (Å²) in [6.45, 7) is 3.66. The molecule has 2 amide bonds. The molecule has 138 valence electrons. The van der Waals surface area contributed by atoms with Gasteiger partial charge in [-0.3, -0.25) is 9.59 Å². The van der Waals surface area contributed by atoms with E-state index in [0.29, 0.717) is 19.1 Å². The molecule has 0 radical (unpaired) electrons. The molecule has 25 heavy (non-hydrogen) atoms. The molecule has 0 saturated carbocycles. The standard InChI is InChI=1S/C19H29N3O2S/c1-4-15-9-7-8-12-22(15)19(24)14-21(2)13-18(23)20-16-10-5-6-11-17(16)25-3/h5-6,10-11,15H,4,7-9,12-14H2,1-3H3,(H,20,23)/p+1/t15-/m1/s1. The minimum Gasteiger partial charge on any atom is -0.335 e. The molecule has 1 aromatic carbocycles. The van der Waals surface area contributed by atoms with Crippen LogP contribution < -0.4 is 10.2 Å². The van der Waals surface area contributed by atoms with Crippen LogP contribution in [-0.2, 0) is 9.59 Å². The fraction of sp³-hybridized carbons (Fsp3) is 0.579. The highest BCUT2D eigenvalue weighted by molar-refractivity contribution is 7.98. The molecule has 2 atom stereocenters. The number of likely N-dealkylation sites (N-methyl/N-ethyl adjacent to an activating group) is 1. The van der Waals surface area contributed by atoms with E-state index in [-0.39, 0.29) is 11.8 Å². The van der Waals surface area contributed by atoms with Crippen molar-refractivity contribution in [2.24, 2.45) is 0 Å². The number of thioether (sulfide) groups is 1. The predicted octanol–water partition coefficient (Wildman–Crippen LogP) is 1.65. The van der Waals surface area contributed by atoms with Crippen LogP contribution >= 0.6 is 11.8 Å². The van der Waals surface area contributed by atoms with Gasteiger partial charge in [0.1, 0.15) is 0 Å². The van der Waals surface area contributed by atoms with E-state index in [0.717, 1.165) is 41.3 Å². The first kappa shape index (κ1) is 19.8. The van der Waals surface area contributed by atoms with E-state index in [1.165, 1.54) is 6.42 Å². The summed E-state index contributed by atoms with van der Waals surface area (Å²) < 4.78 is 0. The zero-order valence-corrected chi connectivity index (χ0v) is 16.3. The molecular formula is C19H30N3O2S+. The molecule has 1 saturated heterocycles. The van der Waals surface area contributed by atoms with E-state index in [9.17, 15) is 9.59 Å². The van der Waals surface area contributed by atoms with Gasteiger partial charge in [0.15, 0.2) is 13.1 Å². The molecule has 0 aliphatic carbocycles. The van der Waals surface area contributed by atoms with Crippen LogP contribution in [0.25, 0.3) is 0 Å². The summed E-state index contributed by atoms with van der Waals surface area (Å²) in [5, 5.41) is 2.96. The minimum absolute atomic E-state index is 0.0579. The van der Waals surface area contributed by atoms with Crippen molar-refractivity contribution in [2.75, 3.05) is 38.3 Å². The summed E-state index contributed by atoms with van der Waals surface area (Å²) in [5.41, 5.74) is 0.834. The van der Waals surface area contributed by atoms with E-state index in [1.807, 2.05) is 42.5 Å². The quantitative estimate of drug-likeness (QED) is 0.724. The van der Waals surface area contributed by atoms with Gasteiger partial charge in [0.05, 0.1) is 12.7 Å². The summed E-state index contributed by atoms with van der Waals surface area (Å²) >= 11 is 1.61. The van der Waals surface area contributed by atoms with Gasteiger partial charge in [-0.1, -0.05) is 19.1 Å². The van der Waals surface area contributed by atoms with Crippen molar-refractivity contribution >= 4 is 29.3 Å². The number of nitrogens with zero attached hydrogens (tertiary/aromatic N) is 1. The smallest absolute Gasteiger partial charge is 0.279 e. The highest BCUT2D eigenvalue weighted by Gasteiger charge is 2.27. The average molecular weight is 365 g/mol. The zero-order valence-electron chi connectivity index (χ0n) is 15.5. The Morgan fingerprint density at radius 1 is 1.28 bits per heavy atom. The van der Waals surface area contributed by atoms with Crippen molar-refractivity contribution in [2.45, 2.75) is 43.5 Å². The number of carbonyl (C=O) groups excluding carboxylic acids is 2. The fourth-order valence-corrected chi connectivity index (χ4v) is 3.95. The molecule has 1 aromatic rings. The van der Waals surface area contributed by atoms with Crippen LogP contribution in [-0.4, -0.2) is 55.7 Å². The van der Waals surface area contributed by atoms with Crippen molar-refractivity contribution in [3.63, 3.8) is 0 Å². The molecule has 1 heterocycles. The second kappa shape index (κ2) is 9.82. The largest absolute Gasteiger partial charge is 0.335 e. The Morgan fingerprint density at radius 3 is 2.76 bits per heavy atom. The van der Waals surface area contributed by atoms with Crippen LogP contribution in [0.2, 0.25) is 0 Å². The molecule has 2 rings (SSSR count).